The number of amides is 3. The average Bonchev–Trinajstić information content (AvgIpc) is 2.54. The van der Waals surface area contributed by atoms with Crippen LogP contribution in [0.4, 0.5) is 13.6 Å². The molecule has 19 heavy (non-hydrogen) atoms. The molecule has 2 rings (SSSR count). The van der Waals surface area contributed by atoms with Crippen LogP contribution in [-0.4, -0.2) is 47.3 Å². The summed E-state index contributed by atoms with van der Waals surface area (Å²) >= 11 is 0. The molecule has 1 saturated carbocycles. The maximum atomic E-state index is 12.7. The molecule has 1 aliphatic carbocycles. The summed E-state index contributed by atoms with van der Waals surface area (Å²) < 4.78 is 25.4. The minimum atomic E-state index is -2.61. The third kappa shape index (κ3) is 3.00. The van der Waals surface area contributed by atoms with Crippen molar-refractivity contribution in [2.24, 2.45) is 5.92 Å². The lowest BCUT2D eigenvalue weighted by atomic mass is 9.81. The van der Waals surface area contributed by atoms with E-state index < -0.39 is 12.0 Å². The Kier molecular flexibility index (Phi) is 3.69. The van der Waals surface area contributed by atoms with Crippen LogP contribution >= 0.6 is 0 Å². The minimum Gasteiger partial charge on any atom is -0.315 e. The monoisotopic (exact) mass is 271 g/mol. The highest BCUT2D eigenvalue weighted by molar-refractivity contribution is 6.01. The number of urea groups is 1. The number of alkyl halides is 2. The fourth-order valence-electron chi connectivity index (χ4n) is 2.50. The fraction of sp³-hybridized carbons (Fsp3) is 0.750. The third-order valence-electron chi connectivity index (χ3n) is 3.45. The first-order valence-electron chi connectivity index (χ1n) is 6.27. The van der Waals surface area contributed by atoms with Gasteiger partial charge in [0.15, 0.2) is 0 Å². The molecule has 0 unspecified atom stereocenters. The lowest BCUT2D eigenvalue weighted by Crippen LogP contribution is -2.44. The highest BCUT2D eigenvalue weighted by atomic mass is 19.3. The summed E-state index contributed by atoms with van der Waals surface area (Å²) in [6.07, 6.45) is 0.314. The highest BCUT2D eigenvalue weighted by Gasteiger charge is 2.47. The molecule has 0 N–H and O–H groups in total. The van der Waals surface area contributed by atoms with Gasteiger partial charge in [-0.15, -0.1) is 0 Å². The van der Waals surface area contributed by atoms with Gasteiger partial charge in [-0.3, -0.25) is 9.69 Å². The van der Waals surface area contributed by atoms with E-state index in [9.17, 15) is 18.4 Å². The summed E-state index contributed by atoms with van der Waals surface area (Å²) in [5.41, 5.74) is 0. The van der Waals surface area contributed by atoms with E-state index in [0.717, 1.165) is 4.90 Å². The van der Waals surface area contributed by atoms with E-state index in [0.29, 0.717) is 6.42 Å². The van der Waals surface area contributed by atoms with Gasteiger partial charge in [-0.1, -0.05) is 0 Å². The van der Waals surface area contributed by atoms with Gasteiger partial charge in [-0.2, -0.15) is 5.26 Å². The van der Waals surface area contributed by atoms with E-state index >= 15 is 0 Å². The normalized spacial score (nSPS) is 22.6. The molecule has 1 aliphatic heterocycles. The molecule has 3 amide bonds. The maximum Gasteiger partial charge on any atom is 0.327 e. The van der Waals surface area contributed by atoms with Crippen molar-refractivity contribution in [3.8, 4) is 6.07 Å². The van der Waals surface area contributed by atoms with Gasteiger partial charge in [-0.05, 0) is 12.3 Å². The predicted octanol–water partition coefficient (Wildman–Crippen LogP) is 1.60. The average molecular weight is 271 g/mol. The van der Waals surface area contributed by atoms with Crippen molar-refractivity contribution in [1.82, 2.24) is 9.80 Å². The lowest BCUT2D eigenvalue weighted by molar-refractivity contribution is -0.125. The molecule has 1 heterocycles. The van der Waals surface area contributed by atoms with E-state index in [1.807, 2.05) is 6.07 Å². The summed E-state index contributed by atoms with van der Waals surface area (Å²) in [5.74, 6) is -3.14. The first kappa shape index (κ1) is 13.7. The summed E-state index contributed by atoms with van der Waals surface area (Å²) in [6.45, 7) is 0.408. The molecule has 0 radical (unpaired) electrons. The van der Waals surface area contributed by atoms with Gasteiger partial charge in [0.1, 0.15) is 6.54 Å². The number of nitrogens with zero attached hydrogens (tertiary/aromatic N) is 3. The largest absolute Gasteiger partial charge is 0.327 e. The molecule has 104 valence electrons. The molecular formula is C12H15F2N3O2. The first-order chi connectivity index (χ1) is 8.93. The van der Waals surface area contributed by atoms with E-state index in [1.165, 1.54) is 4.90 Å². The Morgan fingerprint density at radius 2 is 2.05 bits per heavy atom. The van der Waals surface area contributed by atoms with E-state index in [-0.39, 0.29) is 50.7 Å². The molecule has 0 aromatic rings. The first-order valence-corrected chi connectivity index (χ1v) is 6.27. The summed E-state index contributed by atoms with van der Waals surface area (Å²) in [4.78, 5) is 26.0. The summed E-state index contributed by atoms with van der Waals surface area (Å²) in [5, 5.41) is 8.41. The number of carbonyl (C=O) groups is 2. The Balaban J connectivity index is 1.83. The predicted molar refractivity (Wildman–Crippen MR) is 61.2 cm³/mol. The number of hydrogen-bond donors (Lipinski definition) is 0. The van der Waals surface area contributed by atoms with Crippen molar-refractivity contribution in [1.29, 1.82) is 5.26 Å². The second-order valence-corrected chi connectivity index (χ2v) is 5.10. The Bertz CT molecular complexity index is 425. The van der Waals surface area contributed by atoms with Gasteiger partial charge in [0, 0.05) is 32.4 Å². The zero-order chi connectivity index (χ0) is 14.0. The van der Waals surface area contributed by atoms with E-state index in [2.05, 4.69) is 0 Å². The van der Waals surface area contributed by atoms with Gasteiger partial charge in [0.2, 0.25) is 11.8 Å². The number of nitriles is 1. The van der Waals surface area contributed by atoms with Crippen molar-refractivity contribution in [2.75, 3.05) is 19.6 Å². The van der Waals surface area contributed by atoms with Gasteiger partial charge >= 0.3 is 6.03 Å². The molecule has 2 aliphatic rings. The number of halogens is 2. The second kappa shape index (κ2) is 5.11. The number of hydrogen-bond acceptors (Lipinski definition) is 3. The van der Waals surface area contributed by atoms with Crippen LogP contribution in [0.25, 0.3) is 0 Å². The van der Waals surface area contributed by atoms with Crippen molar-refractivity contribution in [3.05, 3.63) is 0 Å². The molecule has 1 saturated heterocycles. The molecule has 0 atom stereocenters. The maximum absolute atomic E-state index is 12.7. The quantitative estimate of drug-likeness (QED) is 0.563. The molecule has 0 aromatic heterocycles. The van der Waals surface area contributed by atoms with Crippen molar-refractivity contribution >= 4 is 11.9 Å². The van der Waals surface area contributed by atoms with Crippen molar-refractivity contribution in [3.63, 3.8) is 0 Å². The highest BCUT2D eigenvalue weighted by Crippen LogP contribution is 2.42. The van der Waals surface area contributed by atoms with Crippen LogP contribution in [0.5, 0.6) is 0 Å². The van der Waals surface area contributed by atoms with Gasteiger partial charge in [-0.25, -0.2) is 13.6 Å². The zero-order valence-electron chi connectivity index (χ0n) is 10.4. The Labute approximate surface area is 109 Å². The Hall–Kier alpha value is -1.71. The van der Waals surface area contributed by atoms with Gasteiger partial charge in [0.25, 0.3) is 0 Å². The van der Waals surface area contributed by atoms with E-state index in [4.69, 9.17) is 5.26 Å². The van der Waals surface area contributed by atoms with Crippen molar-refractivity contribution < 1.29 is 18.4 Å². The summed E-state index contributed by atoms with van der Waals surface area (Å²) in [6, 6.07) is 1.53. The SMILES string of the molecule is N#CCCCN1C(=O)CN(CC2CC(F)(F)C2)C1=O. The molecule has 0 aromatic carbocycles. The van der Waals surface area contributed by atoms with Crippen LogP contribution in [-0.2, 0) is 4.79 Å². The molecule has 0 spiro atoms. The number of unbranched alkanes of at least 4 members (excludes halogenated alkanes) is 1. The molecular weight excluding hydrogens is 256 g/mol. The fourth-order valence-corrected chi connectivity index (χ4v) is 2.50. The molecule has 5 nitrogen and oxygen atoms in total. The summed E-state index contributed by atoms with van der Waals surface area (Å²) in [7, 11) is 0. The smallest absolute Gasteiger partial charge is 0.315 e. The van der Waals surface area contributed by atoms with Crippen molar-refractivity contribution in [2.45, 2.75) is 31.6 Å². The van der Waals surface area contributed by atoms with E-state index in [1.54, 1.807) is 0 Å². The van der Waals surface area contributed by atoms with Crippen LogP contribution in [0.3, 0.4) is 0 Å². The van der Waals surface area contributed by atoms with Crippen LogP contribution in [0.1, 0.15) is 25.7 Å². The minimum absolute atomic E-state index is 0.0343. The number of rotatable bonds is 5. The number of carbonyl (C=O) groups excluding carboxylic acids is 2. The molecule has 0 bridgehead atoms. The van der Waals surface area contributed by atoms with Crippen LogP contribution in [0.15, 0.2) is 0 Å². The number of imide groups is 1. The van der Waals surface area contributed by atoms with Crippen LogP contribution < -0.4 is 0 Å². The third-order valence-corrected chi connectivity index (χ3v) is 3.45. The molecule has 2 fully saturated rings. The Morgan fingerprint density at radius 3 is 2.63 bits per heavy atom. The topological polar surface area (TPSA) is 64.4 Å². The van der Waals surface area contributed by atoms with Crippen LogP contribution in [0, 0.1) is 17.2 Å². The molecule has 7 heteroatoms. The van der Waals surface area contributed by atoms with Gasteiger partial charge in [0.05, 0.1) is 6.07 Å². The lowest BCUT2D eigenvalue weighted by Gasteiger charge is -2.36. The Morgan fingerprint density at radius 1 is 1.37 bits per heavy atom. The zero-order valence-corrected chi connectivity index (χ0v) is 10.4. The second-order valence-electron chi connectivity index (χ2n) is 5.10. The van der Waals surface area contributed by atoms with Crippen LogP contribution in [0.2, 0.25) is 0 Å². The van der Waals surface area contributed by atoms with Gasteiger partial charge < -0.3 is 4.90 Å². The standard InChI is InChI=1S/C12H15F2N3O2/c13-12(14)5-9(6-12)7-16-8-10(18)17(11(16)19)4-2-1-3-15/h9H,1-2,4-8H2.